The van der Waals surface area contributed by atoms with Crippen LogP contribution in [0.3, 0.4) is 0 Å². The molecule has 1 aliphatic rings. The number of nitrogens with two attached hydrogens (primary N) is 1. The molecule has 0 saturated carbocycles. The molecule has 0 fully saturated rings. The van der Waals surface area contributed by atoms with Crippen molar-refractivity contribution in [2.24, 2.45) is 10.7 Å². The smallest absolute Gasteiger partial charge is 0.0798 e. The van der Waals surface area contributed by atoms with Crippen molar-refractivity contribution >= 4 is 5.70 Å². The van der Waals surface area contributed by atoms with Gasteiger partial charge in [-0.3, -0.25) is 4.99 Å². The monoisotopic (exact) mass is 132 g/mol. The summed E-state index contributed by atoms with van der Waals surface area (Å²) >= 11 is 0. The summed E-state index contributed by atoms with van der Waals surface area (Å²) < 4.78 is 0. The van der Waals surface area contributed by atoms with Crippen LogP contribution in [0.15, 0.2) is 29.3 Å². The van der Waals surface area contributed by atoms with Gasteiger partial charge in [0.05, 0.1) is 11.9 Å². The van der Waals surface area contributed by atoms with Crippen molar-refractivity contribution < 1.29 is 0 Å². The first-order valence-electron chi connectivity index (χ1n) is 3.26. The van der Waals surface area contributed by atoms with Gasteiger partial charge in [0.15, 0.2) is 0 Å². The molecule has 0 spiro atoms. The number of para-hydroxylation sites is 1. The molecule has 2 rings (SSSR count). The highest BCUT2D eigenvalue weighted by molar-refractivity contribution is 5.44. The summed E-state index contributed by atoms with van der Waals surface area (Å²) in [5.74, 6) is 0. The van der Waals surface area contributed by atoms with Crippen molar-refractivity contribution in [3.8, 4) is 0 Å². The van der Waals surface area contributed by atoms with Crippen LogP contribution in [0.1, 0.15) is 0 Å². The number of hydrogen-bond acceptors (Lipinski definition) is 2. The van der Waals surface area contributed by atoms with Crippen LogP contribution in [-0.2, 0) is 0 Å². The van der Waals surface area contributed by atoms with Crippen LogP contribution < -0.4 is 16.3 Å². The number of fused-ring (bicyclic) bond motifs is 1. The van der Waals surface area contributed by atoms with E-state index >= 15 is 0 Å². The summed E-state index contributed by atoms with van der Waals surface area (Å²) in [5, 5.41) is 2.13. The Bertz CT molecular complexity index is 365. The highest BCUT2D eigenvalue weighted by atomic mass is 14.8. The van der Waals surface area contributed by atoms with Gasteiger partial charge >= 0.3 is 0 Å². The first-order chi connectivity index (χ1) is 4.88. The van der Waals surface area contributed by atoms with E-state index in [1.54, 1.807) is 0 Å². The lowest BCUT2D eigenvalue weighted by Gasteiger charge is -1.84. The lowest BCUT2D eigenvalue weighted by molar-refractivity contribution is 1.19. The van der Waals surface area contributed by atoms with E-state index in [9.17, 15) is 0 Å². The van der Waals surface area contributed by atoms with Gasteiger partial charge in [0.1, 0.15) is 0 Å². The van der Waals surface area contributed by atoms with Gasteiger partial charge < -0.3 is 5.73 Å². The third-order valence-electron chi connectivity index (χ3n) is 1.67. The fourth-order valence-corrected chi connectivity index (χ4v) is 1.14. The van der Waals surface area contributed by atoms with Crippen molar-refractivity contribution in [1.29, 1.82) is 0 Å². The quantitative estimate of drug-likeness (QED) is 0.502. The zero-order chi connectivity index (χ0) is 6.97. The van der Waals surface area contributed by atoms with E-state index in [4.69, 9.17) is 5.73 Å². The minimum absolute atomic E-state index is 0.666. The summed E-state index contributed by atoms with van der Waals surface area (Å²) in [6, 6.07) is 7.93. The van der Waals surface area contributed by atoms with E-state index in [0.717, 1.165) is 16.3 Å². The average Bonchev–Trinajstić information content (AvgIpc) is 2.34. The van der Waals surface area contributed by atoms with Gasteiger partial charge in [0.2, 0.25) is 0 Å². The van der Waals surface area contributed by atoms with Crippen LogP contribution in [0.4, 0.5) is 0 Å². The first kappa shape index (κ1) is 5.47. The van der Waals surface area contributed by atoms with Crippen molar-refractivity contribution in [1.82, 2.24) is 0 Å². The van der Waals surface area contributed by atoms with Crippen LogP contribution in [0.2, 0.25) is 0 Å². The molecule has 0 atom stereocenters. The molecular weight excluding hydrogens is 124 g/mol. The largest absolute Gasteiger partial charge is 0.400 e. The number of rotatable bonds is 0. The topological polar surface area (TPSA) is 38.4 Å². The molecule has 1 heterocycles. The average molecular weight is 132 g/mol. The van der Waals surface area contributed by atoms with Crippen molar-refractivity contribution in [3.05, 3.63) is 34.8 Å². The summed E-state index contributed by atoms with van der Waals surface area (Å²) in [6.45, 7) is 0.666. The Morgan fingerprint density at radius 1 is 1.30 bits per heavy atom. The second-order valence-corrected chi connectivity index (χ2v) is 2.36. The maximum atomic E-state index is 5.67. The SMILES string of the molecule is NC1=c2ccccc2=NC1. The molecule has 2 N–H and O–H groups in total. The van der Waals surface area contributed by atoms with Gasteiger partial charge in [-0.05, 0) is 6.07 Å². The van der Waals surface area contributed by atoms with E-state index in [-0.39, 0.29) is 0 Å². The Kier molecular flexibility index (Phi) is 1.01. The summed E-state index contributed by atoms with van der Waals surface area (Å²) in [4.78, 5) is 4.22. The third-order valence-corrected chi connectivity index (χ3v) is 1.67. The molecule has 0 amide bonds. The second kappa shape index (κ2) is 1.84. The van der Waals surface area contributed by atoms with E-state index in [2.05, 4.69) is 4.99 Å². The molecule has 10 heavy (non-hydrogen) atoms. The fraction of sp³-hybridized carbons (Fsp3) is 0.125. The van der Waals surface area contributed by atoms with Crippen molar-refractivity contribution in [2.75, 3.05) is 6.54 Å². The normalized spacial score (nSPS) is 14.6. The standard InChI is InChI=1S/C8H8N2/c9-7-5-10-8-4-2-1-3-6(7)8/h1-4H,5,9H2. The Balaban J connectivity index is 2.96. The van der Waals surface area contributed by atoms with Crippen LogP contribution in [-0.4, -0.2) is 6.54 Å². The summed E-state index contributed by atoms with van der Waals surface area (Å²) in [7, 11) is 0. The van der Waals surface area contributed by atoms with Crippen LogP contribution in [0, 0.1) is 0 Å². The Labute approximate surface area is 58.7 Å². The number of hydrogen-bond donors (Lipinski definition) is 1. The highest BCUT2D eigenvalue weighted by Gasteiger charge is 1.98. The second-order valence-electron chi connectivity index (χ2n) is 2.36. The Morgan fingerprint density at radius 3 is 2.90 bits per heavy atom. The van der Waals surface area contributed by atoms with Gasteiger partial charge in [-0.25, -0.2) is 0 Å². The minimum Gasteiger partial charge on any atom is -0.400 e. The molecule has 2 nitrogen and oxygen atoms in total. The molecule has 50 valence electrons. The van der Waals surface area contributed by atoms with Gasteiger partial charge in [-0.15, -0.1) is 0 Å². The third kappa shape index (κ3) is 0.620. The van der Waals surface area contributed by atoms with Gasteiger partial charge in [0, 0.05) is 10.9 Å². The Morgan fingerprint density at radius 2 is 2.10 bits per heavy atom. The van der Waals surface area contributed by atoms with E-state index in [1.165, 1.54) is 0 Å². The molecule has 0 bridgehead atoms. The molecule has 1 aromatic carbocycles. The van der Waals surface area contributed by atoms with E-state index in [0.29, 0.717) is 6.54 Å². The number of benzene rings is 1. The molecule has 1 aromatic rings. The maximum absolute atomic E-state index is 5.67. The zero-order valence-corrected chi connectivity index (χ0v) is 5.54. The molecule has 0 unspecified atom stereocenters. The molecule has 2 heteroatoms. The van der Waals surface area contributed by atoms with Crippen LogP contribution in [0.5, 0.6) is 0 Å². The molecular formula is C8H8N2. The molecule has 0 aliphatic carbocycles. The lowest BCUT2D eigenvalue weighted by atomic mass is 10.3. The van der Waals surface area contributed by atoms with Gasteiger partial charge in [-0.2, -0.15) is 0 Å². The molecule has 0 saturated heterocycles. The summed E-state index contributed by atoms with van der Waals surface area (Å²) in [5.41, 5.74) is 6.55. The molecule has 0 aromatic heterocycles. The van der Waals surface area contributed by atoms with Crippen molar-refractivity contribution in [2.45, 2.75) is 0 Å². The maximum Gasteiger partial charge on any atom is 0.0798 e. The highest BCUT2D eigenvalue weighted by Crippen LogP contribution is 1.86. The minimum atomic E-state index is 0.666. The van der Waals surface area contributed by atoms with Crippen LogP contribution >= 0.6 is 0 Å². The fourth-order valence-electron chi connectivity index (χ4n) is 1.14. The summed E-state index contributed by atoms with van der Waals surface area (Å²) in [6.07, 6.45) is 0. The predicted molar refractivity (Wildman–Crippen MR) is 39.7 cm³/mol. The first-order valence-corrected chi connectivity index (χ1v) is 3.26. The zero-order valence-electron chi connectivity index (χ0n) is 5.54. The van der Waals surface area contributed by atoms with Gasteiger partial charge in [-0.1, -0.05) is 18.2 Å². The van der Waals surface area contributed by atoms with Crippen LogP contribution in [0.25, 0.3) is 5.70 Å². The molecule has 1 aliphatic heterocycles. The predicted octanol–water partition coefficient (Wildman–Crippen LogP) is -0.613. The van der Waals surface area contributed by atoms with Crippen molar-refractivity contribution in [3.63, 3.8) is 0 Å². The van der Waals surface area contributed by atoms with E-state index < -0.39 is 0 Å². The number of nitrogens with zero attached hydrogens (tertiary/aromatic N) is 1. The lowest BCUT2D eigenvalue weighted by Crippen LogP contribution is -2.24. The Hall–Kier alpha value is -1.31. The molecule has 0 radical (unpaired) electrons. The van der Waals surface area contributed by atoms with E-state index in [1.807, 2.05) is 24.3 Å². The van der Waals surface area contributed by atoms with Gasteiger partial charge in [0.25, 0.3) is 0 Å².